The summed E-state index contributed by atoms with van der Waals surface area (Å²) in [5, 5.41) is 0. The van der Waals surface area contributed by atoms with Gasteiger partial charge in [-0.3, -0.25) is 0 Å². The highest BCUT2D eigenvalue weighted by molar-refractivity contribution is 5.82. The summed E-state index contributed by atoms with van der Waals surface area (Å²) in [6.45, 7) is 4.68. The molecule has 1 fully saturated rings. The number of ether oxygens (including phenoxy) is 6. The largest absolute Gasteiger partial charge is 0.466 e. The second-order valence-electron chi connectivity index (χ2n) is 9.39. The summed E-state index contributed by atoms with van der Waals surface area (Å²) in [6, 6.07) is 29.8. The fourth-order valence-corrected chi connectivity index (χ4v) is 4.41. The predicted molar refractivity (Wildman–Crippen MR) is 146 cm³/mol. The minimum atomic E-state index is -0.845. The van der Waals surface area contributed by atoms with Gasteiger partial charge in [-0.1, -0.05) is 91.0 Å². The molecule has 0 bridgehead atoms. The van der Waals surface area contributed by atoms with Gasteiger partial charge in [-0.15, -0.1) is 0 Å². The maximum absolute atomic E-state index is 11.8. The van der Waals surface area contributed by atoms with E-state index in [1.165, 1.54) is 13.2 Å². The second kappa shape index (κ2) is 14.6. The lowest BCUT2D eigenvalue weighted by Gasteiger charge is -2.45. The van der Waals surface area contributed by atoms with Crippen LogP contribution < -0.4 is 0 Å². The molecular formula is C32H36O7. The van der Waals surface area contributed by atoms with E-state index in [1.807, 2.05) is 97.9 Å². The fourth-order valence-electron chi connectivity index (χ4n) is 4.41. The van der Waals surface area contributed by atoms with Crippen molar-refractivity contribution in [3.05, 3.63) is 120 Å². The van der Waals surface area contributed by atoms with Gasteiger partial charge in [0, 0.05) is 0 Å². The Hall–Kier alpha value is -3.49. The van der Waals surface area contributed by atoms with Gasteiger partial charge in [0.25, 0.3) is 0 Å². The van der Waals surface area contributed by atoms with E-state index in [9.17, 15) is 4.79 Å². The van der Waals surface area contributed by atoms with Crippen LogP contribution in [0.5, 0.6) is 0 Å². The van der Waals surface area contributed by atoms with Gasteiger partial charge in [0.05, 0.1) is 39.1 Å². The van der Waals surface area contributed by atoms with Crippen LogP contribution in [0.25, 0.3) is 0 Å². The quantitative estimate of drug-likeness (QED) is 0.171. The van der Waals surface area contributed by atoms with E-state index in [0.717, 1.165) is 16.7 Å². The molecule has 0 aromatic heterocycles. The number of carbonyl (C=O) groups excluding carboxylic acids is 1. The SMILES string of the molecule is COC(=O)/C=C(\C)O[C@@H]1O[C@@H](C)[C@@H](OCc2ccccc2)[C@@H](OCc2ccccc2)[C@@H]1OCc1ccccc1. The Labute approximate surface area is 230 Å². The molecule has 0 N–H and O–H groups in total. The Morgan fingerprint density at radius 1 is 0.718 bits per heavy atom. The van der Waals surface area contributed by atoms with Gasteiger partial charge in [0.2, 0.25) is 6.29 Å². The van der Waals surface area contributed by atoms with Gasteiger partial charge in [-0.05, 0) is 30.5 Å². The van der Waals surface area contributed by atoms with Crippen LogP contribution in [-0.4, -0.2) is 43.8 Å². The van der Waals surface area contributed by atoms with Crippen molar-refractivity contribution in [3.8, 4) is 0 Å². The van der Waals surface area contributed by atoms with Crippen molar-refractivity contribution in [2.45, 2.75) is 64.4 Å². The number of rotatable bonds is 12. The van der Waals surface area contributed by atoms with E-state index in [-0.39, 0.29) is 6.10 Å². The van der Waals surface area contributed by atoms with Crippen molar-refractivity contribution >= 4 is 5.97 Å². The van der Waals surface area contributed by atoms with Gasteiger partial charge >= 0.3 is 5.97 Å². The summed E-state index contributed by atoms with van der Waals surface area (Å²) >= 11 is 0. The van der Waals surface area contributed by atoms with Crippen LogP contribution in [0, 0.1) is 0 Å². The maximum Gasteiger partial charge on any atom is 0.333 e. The molecule has 3 aromatic rings. The van der Waals surface area contributed by atoms with Gasteiger partial charge < -0.3 is 28.4 Å². The molecule has 206 valence electrons. The zero-order chi connectivity index (χ0) is 27.5. The molecule has 1 saturated heterocycles. The molecule has 3 aromatic carbocycles. The fraction of sp³-hybridized carbons (Fsp3) is 0.344. The molecular weight excluding hydrogens is 496 g/mol. The molecule has 0 radical (unpaired) electrons. The van der Waals surface area contributed by atoms with E-state index in [0.29, 0.717) is 25.6 Å². The standard InChI is InChI=1S/C32H36O7/c1-23(19-28(33)34-3)38-32-31(37-22-27-17-11-6-12-18-27)30(36-21-26-15-9-5-10-16-26)29(24(2)39-32)35-20-25-13-7-4-8-14-25/h4-19,24,29-32H,20-22H2,1-3H3/b23-19+/t24-,29+,30+,31-,32+/m0/s1. The lowest BCUT2D eigenvalue weighted by molar-refractivity contribution is -0.312. The second-order valence-corrected chi connectivity index (χ2v) is 9.39. The monoisotopic (exact) mass is 532 g/mol. The van der Waals surface area contributed by atoms with Crippen molar-refractivity contribution in [2.75, 3.05) is 7.11 Å². The average molecular weight is 533 g/mol. The van der Waals surface area contributed by atoms with Crippen LogP contribution in [0.4, 0.5) is 0 Å². The first kappa shape index (κ1) is 28.5. The number of methoxy groups -OCH3 is 1. The summed E-state index contributed by atoms with van der Waals surface area (Å²) in [5.41, 5.74) is 3.07. The third-order valence-corrected chi connectivity index (χ3v) is 6.41. The molecule has 4 rings (SSSR count). The molecule has 7 nitrogen and oxygen atoms in total. The molecule has 0 unspecified atom stereocenters. The number of hydrogen-bond acceptors (Lipinski definition) is 7. The minimum Gasteiger partial charge on any atom is -0.466 e. The number of benzene rings is 3. The molecule has 1 aliphatic rings. The molecule has 1 heterocycles. The van der Waals surface area contributed by atoms with Crippen molar-refractivity contribution in [3.63, 3.8) is 0 Å². The Kier molecular flexibility index (Phi) is 10.7. The lowest BCUT2D eigenvalue weighted by Crippen LogP contribution is -2.59. The summed E-state index contributed by atoms with van der Waals surface area (Å²) < 4.78 is 36.6. The topological polar surface area (TPSA) is 72.5 Å². The van der Waals surface area contributed by atoms with Gasteiger partial charge in [-0.2, -0.15) is 0 Å². The van der Waals surface area contributed by atoms with Crippen LogP contribution >= 0.6 is 0 Å². The molecule has 0 aliphatic carbocycles. The normalized spacial score (nSPS) is 23.3. The Morgan fingerprint density at radius 2 is 1.15 bits per heavy atom. The van der Waals surface area contributed by atoms with Crippen molar-refractivity contribution in [2.24, 2.45) is 0 Å². The zero-order valence-corrected chi connectivity index (χ0v) is 22.6. The average Bonchev–Trinajstić information content (AvgIpc) is 2.96. The highest BCUT2D eigenvalue weighted by atomic mass is 16.7. The summed E-state index contributed by atoms with van der Waals surface area (Å²) in [5.74, 6) is -0.170. The van der Waals surface area contributed by atoms with Crippen LogP contribution in [0.15, 0.2) is 103 Å². The third-order valence-electron chi connectivity index (χ3n) is 6.41. The van der Waals surface area contributed by atoms with E-state index >= 15 is 0 Å². The highest BCUT2D eigenvalue weighted by Crippen LogP contribution is 2.32. The van der Waals surface area contributed by atoms with Crippen molar-refractivity contribution < 1.29 is 33.2 Å². The number of hydrogen-bond donors (Lipinski definition) is 0. The van der Waals surface area contributed by atoms with Crippen LogP contribution in [-0.2, 0) is 53.0 Å². The smallest absolute Gasteiger partial charge is 0.333 e. The molecule has 7 heteroatoms. The molecule has 5 atom stereocenters. The zero-order valence-electron chi connectivity index (χ0n) is 22.6. The van der Waals surface area contributed by atoms with E-state index in [1.54, 1.807) is 6.92 Å². The van der Waals surface area contributed by atoms with Gasteiger partial charge in [0.1, 0.15) is 24.1 Å². The van der Waals surface area contributed by atoms with Crippen molar-refractivity contribution in [1.82, 2.24) is 0 Å². The molecule has 39 heavy (non-hydrogen) atoms. The van der Waals surface area contributed by atoms with Crippen LogP contribution in [0.1, 0.15) is 30.5 Å². The number of carbonyl (C=O) groups is 1. The maximum atomic E-state index is 11.8. The third kappa shape index (κ3) is 8.50. The summed E-state index contributed by atoms with van der Waals surface area (Å²) in [4.78, 5) is 11.8. The van der Waals surface area contributed by atoms with E-state index in [2.05, 4.69) is 0 Å². The van der Waals surface area contributed by atoms with Crippen LogP contribution in [0.2, 0.25) is 0 Å². The first-order valence-electron chi connectivity index (χ1n) is 13.1. The lowest BCUT2D eigenvalue weighted by atomic mass is 9.98. The Morgan fingerprint density at radius 3 is 1.62 bits per heavy atom. The first-order chi connectivity index (χ1) is 19.0. The van der Waals surface area contributed by atoms with Crippen molar-refractivity contribution in [1.29, 1.82) is 0 Å². The highest BCUT2D eigenvalue weighted by Gasteiger charge is 2.48. The Balaban J connectivity index is 1.61. The Bertz CT molecular complexity index is 1170. The number of esters is 1. The minimum absolute atomic E-state index is 0.319. The van der Waals surface area contributed by atoms with Crippen LogP contribution in [0.3, 0.4) is 0 Å². The van der Waals surface area contributed by atoms with Gasteiger partial charge in [0.15, 0.2) is 0 Å². The number of allylic oxidation sites excluding steroid dienone is 1. The molecule has 0 amide bonds. The molecule has 1 aliphatic heterocycles. The molecule has 0 spiro atoms. The summed E-state index contributed by atoms with van der Waals surface area (Å²) in [7, 11) is 1.32. The molecule has 0 saturated carbocycles. The predicted octanol–water partition coefficient (Wildman–Crippen LogP) is 5.58. The van der Waals surface area contributed by atoms with E-state index < -0.39 is 30.6 Å². The first-order valence-corrected chi connectivity index (χ1v) is 13.1. The van der Waals surface area contributed by atoms with E-state index in [4.69, 9.17) is 28.4 Å². The van der Waals surface area contributed by atoms with Gasteiger partial charge in [-0.25, -0.2) is 4.79 Å². The summed E-state index contributed by atoms with van der Waals surface area (Å²) in [6.07, 6.45) is -1.59.